The third kappa shape index (κ3) is 4.47. The van der Waals surface area contributed by atoms with E-state index in [2.05, 4.69) is 14.5 Å². The van der Waals surface area contributed by atoms with E-state index < -0.39 is 15.8 Å². The first-order valence-corrected chi connectivity index (χ1v) is 11.1. The lowest BCUT2D eigenvalue weighted by Crippen LogP contribution is -2.38. The summed E-state index contributed by atoms with van der Waals surface area (Å²) in [6, 6.07) is 11.0. The van der Waals surface area contributed by atoms with Crippen molar-refractivity contribution in [3.05, 3.63) is 48.3 Å². The number of anilines is 3. The molecule has 4 rings (SSSR count). The molecule has 0 unspecified atom stereocenters. The van der Waals surface area contributed by atoms with Gasteiger partial charge < -0.3 is 19.3 Å². The summed E-state index contributed by atoms with van der Waals surface area (Å²) in [5.74, 6) is -0.780. The van der Waals surface area contributed by atoms with E-state index in [-0.39, 0.29) is 4.90 Å². The fourth-order valence-electron chi connectivity index (χ4n) is 3.55. The fourth-order valence-corrected chi connectivity index (χ4v) is 4.71. The average Bonchev–Trinajstić information content (AvgIpc) is 2.75. The van der Waals surface area contributed by atoms with Crippen molar-refractivity contribution in [3.63, 3.8) is 0 Å². The molecule has 0 aromatic heterocycles. The maximum atomic E-state index is 14.1. The largest absolute Gasteiger partial charge is 0.378 e. The van der Waals surface area contributed by atoms with Crippen LogP contribution in [0.4, 0.5) is 21.5 Å². The van der Waals surface area contributed by atoms with Crippen LogP contribution in [0.3, 0.4) is 0 Å². The highest BCUT2D eigenvalue weighted by atomic mass is 32.2. The van der Waals surface area contributed by atoms with Gasteiger partial charge in [-0.2, -0.15) is 0 Å². The van der Waals surface area contributed by atoms with Gasteiger partial charge in [0.2, 0.25) is 0 Å². The molecule has 156 valence electrons. The molecule has 1 N–H and O–H groups in total. The number of ether oxygens (including phenoxy) is 2. The van der Waals surface area contributed by atoms with Gasteiger partial charge in [-0.1, -0.05) is 12.1 Å². The van der Waals surface area contributed by atoms with Crippen molar-refractivity contribution >= 4 is 27.1 Å². The maximum Gasteiger partial charge on any atom is 0.264 e. The Hall–Kier alpha value is -2.36. The molecule has 7 nitrogen and oxygen atoms in total. The molecule has 2 aliphatic heterocycles. The zero-order valence-corrected chi connectivity index (χ0v) is 16.8. The van der Waals surface area contributed by atoms with Gasteiger partial charge in [0.15, 0.2) is 0 Å². The lowest BCUT2D eigenvalue weighted by atomic mass is 10.2. The van der Waals surface area contributed by atoms with Crippen LogP contribution >= 0.6 is 0 Å². The van der Waals surface area contributed by atoms with Crippen LogP contribution < -0.4 is 14.5 Å². The molecular weight excluding hydrogens is 397 g/mol. The molecule has 0 saturated carbocycles. The lowest BCUT2D eigenvalue weighted by molar-refractivity contribution is 0.122. The van der Waals surface area contributed by atoms with Crippen LogP contribution in [0.5, 0.6) is 0 Å². The molecule has 2 heterocycles. The quantitative estimate of drug-likeness (QED) is 0.799. The van der Waals surface area contributed by atoms with Crippen molar-refractivity contribution < 1.29 is 22.3 Å². The predicted molar refractivity (Wildman–Crippen MR) is 110 cm³/mol. The molecule has 0 radical (unpaired) electrons. The fraction of sp³-hybridized carbons (Fsp3) is 0.400. The first-order valence-electron chi connectivity index (χ1n) is 9.61. The third-order valence-electron chi connectivity index (χ3n) is 5.08. The summed E-state index contributed by atoms with van der Waals surface area (Å²) in [6.45, 7) is 5.33. The molecule has 2 saturated heterocycles. The summed E-state index contributed by atoms with van der Waals surface area (Å²) in [5, 5.41) is 0. The first-order chi connectivity index (χ1) is 14.0. The van der Waals surface area contributed by atoms with Gasteiger partial charge in [0, 0.05) is 31.9 Å². The Kier molecular flexibility index (Phi) is 5.89. The SMILES string of the molecule is O=S(=O)(Nc1ccc(N2CCOCC2)cc1N1CCOCC1)c1ccccc1F. The molecular formula is C20H24FN3O4S. The van der Waals surface area contributed by atoms with E-state index in [9.17, 15) is 12.8 Å². The van der Waals surface area contributed by atoms with E-state index in [0.29, 0.717) is 45.2 Å². The molecule has 29 heavy (non-hydrogen) atoms. The highest BCUT2D eigenvalue weighted by Crippen LogP contribution is 2.33. The molecule has 2 fully saturated rings. The van der Waals surface area contributed by atoms with E-state index in [1.807, 2.05) is 12.1 Å². The normalized spacial score (nSPS) is 18.0. The highest BCUT2D eigenvalue weighted by molar-refractivity contribution is 7.92. The van der Waals surface area contributed by atoms with Crippen LogP contribution in [-0.2, 0) is 19.5 Å². The zero-order chi connectivity index (χ0) is 20.3. The minimum Gasteiger partial charge on any atom is -0.378 e. The monoisotopic (exact) mass is 421 g/mol. The lowest BCUT2D eigenvalue weighted by Gasteiger charge is -2.33. The van der Waals surface area contributed by atoms with Gasteiger partial charge in [-0.05, 0) is 30.3 Å². The van der Waals surface area contributed by atoms with Gasteiger partial charge in [0.05, 0.1) is 37.8 Å². The second-order valence-corrected chi connectivity index (χ2v) is 8.59. The number of rotatable bonds is 5. The Bertz CT molecular complexity index is 958. The Balaban J connectivity index is 1.68. The molecule has 0 spiro atoms. The number of hydrogen-bond donors (Lipinski definition) is 1. The number of halogens is 1. The zero-order valence-electron chi connectivity index (χ0n) is 16.0. The molecule has 2 aliphatic rings. The van der Waals surface area contributed by atoms with E-state index in [4.69, 9.17) is 9.47 Å². The Morgan fingerprint density at radius 1 is 0.862 bits per heavy atom. The van der Waals surface area contributed by atoms with Crippen molar-refractivity contribution in [2.45, 2.75) is 4.90 Å². The van der Waals surface area contributed by atoms with Crippen LogP contribution in [-0.4, -0.2) is 61.0 Å². The second kappa shape index (κ2) is 8.56. The number of nitrogens with zero attached hydrogens (tertiary/aromatic N) is 2. The van der Waals surface area contributed by atoms with Crippen molar-refractivity contribution in [1.82, 2.24) is 0 Å². The van der Waals surface area contributed by atoms with Crippen LogP contribution in [0.1, 0.15) is 0 Å². The van der Waals surface area contributed by atoms with Gasteiger partial charge in [-0.25, -0.2) is 12.8 Å². The van der Waals surface area contributed by atoms with Gasteiger partial charge in [-0.3, -0.25) is 4.72 Å². The summed E-state index contributed by atoms with van der Waals surface area (Å²) in [5.41, 5.74) is 2.19. The summed E-state index contributed by atoms with van der Waals surface area (Å²) in [7, 11) is -4.06. The first kappa shape index (κ1) is 19.9. The van der Waals surface area contributed by atoms with E-state index in [1.54, 1.807) is 6.07 Å². The third-order valence-corrected chi connectivity index (χ3v) is 6.48. The molecule has 0 bridgehead atoms. The summed E-state index contributed by atoms with van der Waals surface area (Å²) < 4.78 is 53.2. The summed E-state index contributed by atoms with van der Waals surface area (Å²) >= 11 is 0. The van der Waals surface area contributed by atoms with Crippen molar-refractivity contribution in [3.8, 4) is 0 Å². The van der Waals surface area contributed by atoms with Gasteiger partial charge in [0.25, 0.3) is 10.0 Å². The summed E-state index contributed by atoms with van der Waals surface area (Å²) in [4.78, 5) is 3.93. The second-order valence-electron chi connectivity index (χ2n) is 6.94. The number of morpholine rings is 2. The Labute approximate surface area is 170 Å². The number of benzene rings is 2. The van der Waals surface area contributed by atoms with Gasteiger partial charge in [-0.15, -0.1) is 0 Å². The van der Waals surface area contributed by atoms with Gasteiger partial charge in [0.1, 0.15) is 10.7 Å². The van der Waals surface area contributed by atoms with Crippen LogP contribution in [0, 0.1) is 5.82 Å². The predicted octanol–water partition coefficient (Wildman–Crippen LogP) is 2.30. The minimum absolute atomic E-state index is 0.370. The minimum atomic E-state index is -4.06. The molecule has 2 aromatic rings. The Morgan fingerprint density at radius 2 is 1.48 bits per heavy atom. The molecule has 0 amide bonds. The van der Waals surface area contributed by atoms with E-state index in [1.165, 1.54) is 18.2 Å². The Morgan fingerprint density at radius 3 is 2.14 bits per heavy atom. The topological polar surface area (TPSA) is 71.1 Å². The van der Waals surface area contributed by atoms with Gasteiger partial charge >= 0.3 is 0 Å². The van der Waals surface area contributed by atoms with Crippen LogP contribution in [0.25, 0.3) is 0 Å². The van der Waals surface area contributed by atoms with Crippen molar-refractivity contribution in [1.29, 1.82) is 0 Å². The highest BCUT2D eigenvalue weighted by Gasteiger charge is 2.23. The smallest absolute Gasteiger partial charge is 0.264 e. The molecule has 2 aromatic carbocycles. The summed E-state index contributed by atoms with van der Waals surface area (Å²) in [6.07, 6.45) is 0. The molecule has 0 atom stereocenters. The van der Waals surface area contributed by atoms with E-state index >= 15 is 0 Å². The molecule has 0 aliphatic carbocycles. The number of sulfonamides is 1. The van der Waals surface area contributed by atoms with Crippen LogP contribution in [0.2, 0.25) is 0 Å². The number of hydrogen-bond acceptors (Lipinski definition) is 6. The van der Waals surface area contributed by atoms with Crippen molar-refractivity contribution in [2.75, 3.05) is 67.1 Å². The number of nitrogens with one attached hydrogen (secondary N) is 1. The average molecular weight is 421 g/mol. The molecule has 9 heteroatoms. The van der Waals surface area contributed by atoms with Crippen molar-refractivity contribution in [2.24, 2.45) is 0 Å². The van der Waals surface area contributed by atoms with E-state index in [0.717, 1.165) is 30.5 Å². The maximum absolute atomic E-state index is 14.1. The van der Waals surface area contributed by atoms with Crippen LogP contribution in [0.15, 0.2) is 47.4 Å². The standard InChI is InChI=1S/C20H24FN3O4S/c21-17-3-1-2-4-20(17)29(25,26)22-18-6-5-16(23-7-11-27-12-8-23)15-19(18)24-9-13-28-14-10-24/h1-6,15,22H,7-14H2.